The molecule has 20 heavy (non-hydrogen) atoms. The van der Waals surface area contributed by atoms with Crippen molar-refractivity contribution in [3.8, 4) is 5.75 Å². The first-order valence-corrected chi connectivity index (χ1v) is 7.66. The van der Waals surface area contributed by atoms with Crippen LogP contribution in [0.1, 0.15) is 38.8 Å². The zero-order valence-electron chi connectivity index (χ0n) is 13.2. The van der Waals surface area contributed by atoms with Gasteiger partial charge in [-0.2, -0.15) is 0 Å². The van der Waals surface area contributed by atoms with E-state index in [0.29, 0.717) is 0 Å². The number of likely N-dealkylation sites (N-methyl/N-ethyl adjacent to an activating group) is 1. The Morgan fingerprint density at radius 1 is 1.30 bits per heavy atom. The van der Waals surface area contributed by atoms with Gasteiger partial charge in [-0.15, -0.1) is 0 Å². The molecule has 3 nitrogen and oxygen atoms in total. The summed E-state index contributed by atoms with van der Waals surface area (Å²) in [6.45, 7) is 8.48. The molecule has 1 fully saturated rings. The van der Waals surface area contributed by atoms with E-state index in [4.69, 9.17) is 10.5 Å². The lowest BCUT2D eigenvalue weighted by Crippen LogP contribution is -2.30. The van der Waals surface area contributed by atoms with E-state index >= 15 is 0 Å². The lowest BCUT2D eigenvalue weighted by atomic mass is 10.1. The summed E-state index contributed by atoms with van der Waals surface area (Å²) in [4.78, 5) is 2.36. The molecule has 0 saturated heterocycles. The molecule has 3 unspecified atom stereocenters. The van der Waals surface area contributed by atoms with Gasteiger partial charge in [0, 0.05) is 19.1 Å². The Morgan fingerprint density at radius 3 is 2.40 bits per heavy atom. The fourth-order valence-corrected chi connectivity index (χ4v) is 2.64. The molecule has 0 aliphatic heterocycles. The highest BCUT2D eigenvalue weighted by Crippen LogP contribution is 2.38. The standard InChI is InChI=1S/C17H28N2O/c1-12(2)20-16-7-5-14(6-8-16)17(18)11-19(4)10-15-9-13(15)3/h5-8,12-13,15,17H,9-11,18H2,1-4H3. The summed E-state index contributed by atoms with van der Waals surface area (Å²) in [5.41, 5.74) is 7.47. The number of hydrogen-bond donors (Lipinski definition) is 1. The summed E-state index contributed by atoms with van der Waals surface area (Å²) < 4.78 is 5.65. The van der Waals surface area contributed by atoms with Gasteiger partial charge in [0.25, 0.3) is 0 Å². The van der Waals surface area contributed by atoms with E-state index in [-0.39, 0.29) is 12.1 Å². The molecule has 2 rings (SSSR count). The van der Waals surface area contributed by atoms with Crippen molar-refractivity contribution in [1.29, 1.82) is 0 Å². The predicted molar refractivity (Wildman–Crippen MR) is 83.9 cm³/mol. The van der Waals surface area contributed by atoms with E-state index < -0.39 is 0 Å². The van der Waals surface area contributed by atoms with Gasteiger partial charge in [0.2, 0.25) is 0 Å². The zero-order valence-corrected chi connectivity index (χ0v) is 13.2. The minimum atomic E-state index is 0.0714. The molecule has 1 aromatic rings. The predicted octanol–water partition coefficient (Wildman–Crippen LogP) is 3.06. The highest BCUT2D eigenvalue weighted by Gasteiger charge is 2.33. The maximum atomic E-state index is 6.30. The number of nitrogens with zero attached hydrogens (tertiary/aromatic N) is 1. The minimum Gasteiger partial charge on any atom is -0.491 e. The molecule has 0 amide bonds. The summed E-state index contributed by atoms with van der Waals surface area (Å²) in [6, 6.07) is 8.25. The molecule has 0 heterocycles. The van der Waals surface area contributed by atoms with Gasteiger partial charge >= 0.3 is 0 Å². The molecule has 2 N–H and O–H groups in total. The average Bonchev–Trinajstić information content (AvgIpc) is 3.04. The summed E-state index contributed by atoms with van der Waals surface area (Å²) in [7, 11) is 2.17. The second-order valence-electron chi connectivity index (χ2n) is 6.54. The summed E-state index contributed by atoms with van der Waals surface area (Å²) in [5.74, 6) is 2.70. The first kappa shape index (κ1) is 15.3. The van der Waals surface area contributed by atoms with E-state index in [1.165, 1.54) is 18.5 Å². The molecule has 1 aliphatic carbocycles. The largest absolute Gasteiger partial charge is 0.491 e. The van der Waals surface area contributed by atoms with Crippen LogP contribution in [0.25, 0.3) is 0 Å². The van der Waals surface area contributed by atoms with Crippen molar-refractivity contribution in [2.75, 3.05) is 20.1 Å². The van der Waals surface area contributed by atoms with Crippen molar-refractivity contribution in [2.24, 2.45) is 17.6 Å². The maximum Gasteiger partial charge on any atom is 0.119 e. The van der Waals surface area contributed by atoms with Crippen molar-refractivity contribution in [2.45, 2.75) is 39.3 Å². The van der Waals surface area contributed by atoms with Gasteiger partial charge < -0.3 is 15.4 Å². The lowest BCUT2D eigenvalue weighted by Gasteiger charge is -2.22. The van der Waals surface area contributed by atoms with Gasteiger partial charge in [-0.25, -0.2) is 0 Å². The van der Waals surface area contributed by atoms with E-state index in [9.17, 15) is 0 Å². The molecule has 112 valence electrons. The van der Waals surface area contributed by atoms with Crippen LogP contribution in [0.5, 0.6) is 5.75 Å². The summed E-state index contributed by atoms with van der Waals surface area (Å²) in [5, 5.41) is 0. The van der Waals surface area contributed by atoms with Crippen molar-refractivity contribution >= 4 is 0 Å². The zero-order chi connectivity index (χ0) is 14.7. The van der Waals surface area contributed by atoms with Gasteiger partial charge in [-0.1, -0.05) is 19.1 Å². The molecule has 0 aromatic heterocycles. The third-order valence-electron chi connectivity index (χ3n) is 4.01. The number of hydrogen-bond acceptors (Lipinski definition) is 3. The third-order valence-corrected chi connectivity index (χ3v) is 4.01. The second kappa shape index (κ2) is 6.59. The minimum absolute atomic E-state index is 0.0714. The Bertz CT molecular complexity index is 416. The Morgan fingerprint density at radius 2 is 1.90 bits per heavy atom. The molecular weight excluding hydrogens is 248 g/mol. The highest BCUT2D eigenvalue weighted by molar-refractivity contribution is 5.29. The Kier molecular flexibility index (Phi) is 5.06. The molecule has 1 aliphatic rings. The lowest BCUT2D eigenvalue weighted by molar-refractivity contribution is 0.242. The third kappa shape index (κ3) is 4.50. The molecule has 0 radical (unpaired) electrons. The maximum absolute atomic E-state index is 6.30. The Balaban J connectivity index is 1.83. The van der Waals surface area contributed by atoms with Crippen LogP contribution >= 0.6 is 0 Å². The van der Waals surface area contributed by atoms with E-state index in [1.54, 1.807) is 0 Å². The topological polar surface area (TPSA) is 38.5 Å². The van der Waals surface area contributed by atoms with Crippen LogP contribution in [0.2, 0.25) is 0 Å². The summed E-state index contributed by atoms with van der Waals surface area (Å²) >= 11 is 0. The van der Waals surface area contributed by atoms with Crippen LogP contribution in [0.3, 0.4) is 0 Å². The Labute approximate surface area is 123 Å². The quantitative estimate of drug-likeness (QED) is 0.832. The van der Waals surface area contributed by atoms with Gasteiger partial charge in [-0.05, 0) is 56.8 Å². The summed E-state index contributed by atoms with van der Waals surface area (Å²) in [6.07, 6.45) is 1.59. The van der Waals surface area contributed by atoms with Gasteiger partial charge in [0.05, 0.1) is 6.10 Å². The Hall–Kier alpha value is -1.06. The fraction of sp³-hybridized carbons (Fsp3) is 0.647. The van der Waals surface area contributed by atoms with Gasteiger partial charge in [0.1, 0.15) is 5.75 Å². The van der Waals surface area contributed by atoms with Crippen molar-refractivity contribution in [3.05, 3.63) is 29.8 Å². The first-order valence-electron chi connectivity index (χ1n) is 7.66. The van der Waals surface area contributed by atoms with Crippen LogP contribution in [0.15, 0.2) is 24.3 Å². The molecule has 1 saturated carbocycles. The number of ether oxygens (including phenoxy) is 1. The van der Waals surface area contributed by atoms with Crippen LogP contribution in [0.4, 0.5) is 0 Å². The smallest absolute Gasteiger partial charge is 0.119 e. The van der Waals surface area contributed by atoms with Crippen LogP contribution in [-0.2, 0) is 0 Å². The van der Waals surface area contributed by atoms with Gasteiger partial charge in [-0.3, -0.25) is 0 Å². The monoisotopic (exact) mass is 276 g/mol. The number of benzene rings is 1. The average molecular weight is 276 g/mol. The number of nitrogens with two attached hydrogens (primary N) is 1. The molecular formula is C17H28N2O. The van der Waals surface area contributed by atoms with Gasteiger partial charge in [0.15, 0.2) is 0 Å². The molecule has 3 atom stereocenters. The normalized spacial score (nSPS) is 23.1. The van der Waals surface area contributed by atoms with E-state index in [0.717, 1.165) is 24.1 Å². The van der Waals surface area contributed by atoms with E-state index in [1.807, 2.05) is 26.0 Å². The highest BCUT2D eigenvalue weighted by atomic mass is 16.5. The first-order chi connectivity index (χ1) is 9.45. The number of rotatable bonds is 7. The van der Waals surface area contributed by atoms with Crippen molar-refractivity contribution in [1.82, 2.24) is 4.90 Å². The van der Waals surface area contributed by atoms with Crippen LogP contribution < -0.4 is 10.5 Å². The molecule has 3 heteroatoms. The fourth-order valence-electron chi connectivity index (χ4n) is 2.64. The van der Waals surface area contributed by atoms with Crippen LogP contribution in [0, 0.1) is 11.8 Å². The van der Waals surface area contributed by atoms with Crippen molar-refractivity contribution < 1.29 is 4.74 Å². The second-order valence-corrected chi connectivity index (χ2v) is 6.54. The van der Waals surface area contributed by atoms with E-state index in [2.05, 4.69) is 31.0 Å². The SMILES string of the molecule is CC(C)Oc1ccc(C(N)CN(C)CC2CC2C)cc1. The molecule has 0 bridgehead atoms. The van der Waals surface area contributed by atoms with Crippen LogP contribution in [-0.4, -0.2) is 31.1 Å². The molecule has 0 spiro atoms. The molecule has 1 aromatic carbocycles. The van der Waals surface area contributed by atoms with Crippen molar-refractivity contribution in [3.63, 3.8) is 0 Å².